The predicted octanol–water partition coefficient (Wildman–Crippen LogP) is 2.35. The summed E-state index contributed by atoms with van der Waals surface area (Å²) in [6, 6.07) is 0.382. The van der Waals surface area contributed by atoms with Gasteiger partial charge < -0.3 is 5.73 Å². The van der Waals surface area contributed by atoms with Crippen LogP contribution in [0.2, 0.25) is 0 Å². The van der Waals surface area contributed by atoms with Gasteiger partial charge in [0.05, 0.1) is 0 Å². The van der Waals surface area contributed by atoms with Gasteiger partial charge in [0, 0.05) is 17.1 Å². The van der Waals surface area contributed by atoms with Crippen molar-refractivity contribution in [3.8, 4) is 0 Å². The average molecular weight is 194 g/mol. The van der Waals surface area contributed by atoms with E-state index in [9.17, 15) is 0 Å². The van der Waals surface area contributed by atoms with Gasteiger partial charge in [-0.1, -0.05) is 5.57 Å². The topological polar surface area (TPSA) is 38.9 Å². The van der Waals surface area contributed by atoms with Gasteiger partial charge in [0.25, 0.3) is 0 Å². The standard InChI is InChI=1S/C10H14N2S/c1-7-6-13-10(12-7)5-8-2-3-9(11)4-8/h5-6,9H,2-4,11H2,1H3. The van der Waals surface area contributed by atoms with E-state index in [1.807, 2.05) is 6.92 Å². The summed E-state index contributed by atoms with van der Waals surface area (Å²) in [5, 5.41) is 3.21. The van der Waals surface area contributed by atoms with Crippen molar-refractivity contribution in [3.63, 3.8) is 0 Å². The van der Waals surface area contributed by atoms with Crippen LogP contribution in [0.15, 0.2) is 11.0 Å². The van der Waals surface area contributed by atoms with Gasteiger partial charge in [-0.3, -0.25) is 0 Å². The van der Waals surface area contributed by atoms with E-state index in [-0.39, 0.29) is 0 Å². The molecule has 2 rings (SSSR count). The Bertz CT molecular complexity index is 327. The number of nitrogens with zero attached hydrogens (tertiary/aromatic N) is 1. The van der Waals surface area contributed by atoms with Crippen molar-refractivity contribution in [3.05, 3.63) is 21.7 Å². The van der Waals surface area contributed by atoms with Gasteiger partial charge in [-0.2, -0.15) is 0 Å². The van der Waals surface area contributed by atoms with Crippen LogP contribution in [-0.4, -0.2) is 11.0 Å². The fraction of sp³-hybridized carbons (Fsp3) is 0.500. The van der Waals surface area contributed by atoms with Gasteiger partial charge in [0.2, 0.25) is 0 Å². The predicted molar refractivity (Wildman–Crippen MR) is 56.7 cm³/mol. The first kappa shape index (κ1) is 8.91. The van der Waals surface area contributed by atoms with Gasteiger partial charge in [0.15, 0.2) is 0 Å². The first-order valence-electron chi connectivity index (χ1n) is 4.61. The molecular weight excluding hydrogens is 180 g/mol. The van der Waals surface area contributed by atoms with Crippen LogP contribution in [0.4, 0.5) is 0 Å². The van der Waals surface area contributed by atoms with Crippen LogP contribution in [0.1, 0.15) is 30.0 Å². The summed E-state index contributed by atoms with van der Waals surface area (Å²) in [7, 11) is 0. The molecule has 2 N–H and O–H groups in total. The Balaban J connectivity index is 2.12. The largest absolute Gasteiger partial charge is 0.327 e. The van der Waals surface area contributed by atoms with Crippen molar-refractivity contribution >= 4 is 17.4 Å². The summed E-state index contributed by atoms with van der Waals surface area (Å²) in [5.41, 5.74) is 8.40. The second-order valence-electron chi connectivity index (χ2n) is 3.63. The molecule has 70 valence electrons. The molecule has 1 atom stereocenters. The number of nitrogens with two attached hydrogens (primary N) is 1. The van der Waals surface area contributed by atoms with Crippen molar-refractivity contribution in [2.45, 2.75) is 32.2 Å². The van der Waals surface area contributed by atoms with Crippen molar-refractivity contribution in [2.24, 2.45) is 5.73 Å². The minimum atomic E-state index is 0.382. The highest BCUT2D eigenvalue weighted by Crippen LogP contribution is 2.26. The van der Waals surface area contributed by atoms with Crippen LogP contribution in [-0.2, 0) is 0 Å². The molecular formula is C10H14N2S. The fourth-order valence-electron chi connectivity index (χ4n) is 1.66. The lowest BCUT2D eigenvalue weighted by Crippen LogP contribution is -2.13. The molecule has 0 aliphatic heterocycles. The minimum absolute atomic E-state index is 0.382. The van der Waals surface area contributed by atoms with E-state index in [1.54, 1.807) is 11.3 Å². The molecule has 2 nitrogen and oxygen atoms in total. The van der Waals surface area contributed by atoms with Gasteiger partial charge in [0.1, 0.15) is 5.01 Å². The third kappa shape index (κ3) is 2.17. The molecule has 0 amide bonds. The summed E-state index contributed by atoms with van der Waals surface area (Å²) in [6.45, 7) is 2.03. The van der Waals surface area contributed by atoms with Crippen LogP contribution in [0, 0.1) is 6.92 Å². The molecule has 0 saturated heterocycles. The van der Waals surface area contributed by atoms with E-state index in [0.717, 1.165) is 30.0 Å². The zero-order valence-corrected chi connectivity index (χ0v) is 8.60. The fourth-order valence-corrected chi connectivity index (χ4v) is 2.43. The van der Waals surface area contributed by atoms with Crippen LogP contribution < -0.4 is 5.73 Å². The molecule has 1 heterocycles. The normalized spacial score (nSPS) is 25.7. The molecule has 0 radical (unpaired) electrons. The second-order valence-corrected chi connectivity index (χ2v) is 4.52. The Morgan fingerprint density at radius 1 is 1.69 bits per heavy atom. The molecule has 1 aromatic rings. The Labute approximate surface area is 82.5 Å². The maximum Gasteiger partial charge on any atom is 0.116 e. The maximum absolute atomic E-state index is 5.83. The van der Waals surface area contributed by atoms with Crippen LogP contribution >= 0.6 is 11.3 Å². The van der Waals surface area contributed by atoms with E-state index in [4.69, 9.17) is 5.73 Å². The molecule has 3 heteroatoms. The highest BCUT2D eigenvalue weighted by atomic mass is 32.1. The third-order valence-electron chi connectivity index (χ3n) is 2.32. The van der Waals surface area contributed by atoms with Crippen molar-refractivity contribution < 1.29 is 0 Å². The van der Waals surface area contributed by atoms with Crippen molar-refractivity contribution in [1.82, 2.24) is 4.98 Å². The third-order valence-corrected chi connectivity index (χ3v) is 3.23. The number of hydrogen-bond donors (Lipinski definition) is 1. The lowest BCUT2D eigenvalue weighted by molar-refractivity contribution is 0.711. The second kappa shape index (κ2) is 3.60. The Hall–Kier alpha value is -0.670. The summed E-state index contributed by atoms with van der Waals surface area (Å²) >= 11 is 1.71. The molecule has 1 unspecified atom stereocenters. The number of thiazole rings is 1. The van der Waals surface area contributed by atoms with E-state index < -0.39 is 0 Å². The lowest BCUT2D eigenvalue weighted by Gasteiger charge is -1.95. The molecule has 13 heavy (non-hydrogen) atoms. The van der Waals surface area contributed by atoms with Gasteiger partial charge in [-0.15, -0.1) is 11.3 Å². The van der Waals surface area contributed by atoms with Crippen LogP contribution in [0.3, 0.4) is 0 Å². The van der Waals surface area contributed by atoms with E-state index in [1.165, 1.54) is 5.57 Å². The Kier molecular flexibility index (Phi) is 2.47. The van der Waals surface area contributed by atoms with Crippen molar-refractivity contribution in [1.29, 1.82) is 0 Å². The first-order valence-corrected chi connectivity index (χ1v) is 5.49. The van der Waals surface area contributed by atoms with Gasteiger partial charge >= 0.3 is 0 Å². The van der Waals surface area contributed by atoms with Crippen molar-refractivity contribution in [2.75, 3.05) is 0 Å². The smallest absolute Gasteiger partial charge is 0.116 e. The maximum atomic E-state index is 5.83. The van der Waals surface area contributed by atoms with E-state index in [2.05, 4.69) is 16.4 Å². The summed E-state index contributed by atoms with van der Waals surface area (Å²) in [6.07, 6.45) is 5.54. The Morgan fingerprint density at radius 2 is 2.54 bits per heavy atom. The SMILES string of the molecule is Cc1csc(C=C2CCC(N)C2)n1. The molecule has 1 aromatic heterocycles. The molecule has 0 bridgehead atoms. The summed E-state index contributed by atoms with van der Waals surface area (Å²) in [5.74, 6) is 0. The molecule has 1 fully saturated rings. The van der Waals surface area contributed by atoms with E-state index >= 15 is 0 Å². The number of rotatable bonds is 1. The molecule has 1 aliphatic rings. The highest BCUT2D eigenvalue weighted by Gasteiger charge is 2.15. The quantitative estimate of drug-likeness (QED) is 0.745. The number of aryl methyl sites for hydroxylation is 1. The summed E-state index contributed by atoms with van der Waals surface area (Å²) < 4.78 is 0. The highest BCUT2D eigenvalue weighted by molar-refractivity contribution is 7.10. The Morgan fingerprint density at radius 3 is 3.08 bits per heavy atom. The van der Waals surface area contributed by atoms with Gasteiger partial charge in [-0.25, -0.2) is 4.98 Å². The summed E-state index contributed by atoms with van der Waals surface area (Å²) in [4.78, 5) is 4.40. The molecule has 0 spiro atoms. The number of hydrogen-bond acceptors (Lipinski definition) is 3. The molecule has 1 aliphatic carbocycles. The monoisotopic (exact) mass is 194 g/mol. The zero-order valence-electron chi connectivity index (χ0n) is 7.79. The van der Waals surface area contributed by atoms with Crippen LogP contribution in [0.5, 0.6) is 0 Å². The first-order chi connectivity index (χ1) is 6.24. The minimum Gasteiger partial charge on any atom is -0.327 e. The van der Waals surface area contributed by atoms with E-state index in [0.29, 0.717) is 6.04 Å². The average Bonchev–Trinajstić information content (AvgIpc) is 2.62. The zero-order chi connectivity index (χ0) is 9.26. The molecule has 1 saturated carbocycles. The van der Waals surface area contributed by atoms with Gasteiger partial charge in [-0.05, 0) is 32.3 Å². The number of aromatic nitrogens is 1. The lowest BCUT2D eigenvalue weighted by atomic mass is 10.2. The van der Waals surface area contributed by atoms with Crippen LogP contribution in [0.25, 0.3) is 6.08 Å². The molecule has 0 aromatic carbocycles.